The molecular formula is C17H23NO2. The number of nitrogens with zero attached hydrogens (tertiary/aromatic N) is 1. The fourth-order valence-corrected chi connectivity index (χ4v) is 2.59. The zero-order valence-electron chi connectivity index (χ0n) is 13.0. The first-order valence-corrected chi connectivity index (χ1v) is 7.22. The molecular weight excluding hydrogens is 250 g/mol. The summed E-state index contributed by atoms with van der Waals surface area (Å²) in [5, 5.41) is 1.15. The molecule has 2 rings (SSSR count). The number of carbonyl (C=O) groups is 1. The van der Waals surface area contributed by atoms with Crippen LogP contribution in [0.25, 0.3) is 10.9 Å². The average molecular weight is 273 g/mol. The van der Waals surface area contributed by atoms with Crippen molar-refractivity contribution in [1.82, 2.24) is 4.57 Å². The lowest BCUT2D eigenvalue weighted by molar-refractivity contribution is 0.0526. The Kier molecular flexibility index (Phi) is 4.17. The van der Waals surface area contributed by atoms with E-state index in [1.165, 1.54) is 16.8 Å². The van der Waals surface area contributed by atoms with Crippen LogP contribution in [0.3, 0.4) is 0 Å². The molecule has 0 saturated carbocycles. The molecule has 0 radical (unpaired) electrons. The molecule has 0 N–H and O–H groups in total. The summed E-state index contributed by atoms with van der Waals surface area (Å²) in [4.78, 5) is 11.8. The van der Waals surface area contributed by atoms with E-state index in [1.807, 2.05) is 25.1 Å². The SMILES string of the molecule is CCOC(=O)c1ccc2c(c1)c(C)c(C)n2CC(C)C. The van der Waals surface area contributed by atoms with Crippen LogP contribution in [-0.2, 0) is 11.3 Å². The van der Waals surface area contributed by atoms with Gasteiger partial charge < -0.3 is 9.30 Å². The Morgan fingerprint density at radius 1 is 1.30 bits per heavy atom. The second-order valence-corrected chi connectivity index (χ2v) is 5.67. The lowest BCUT2D eigenvalue weighted by Crippen LogP contribution is -2.06. The van der Waals surface area contributed by atoms with Crippen molar-refractivity contribution >= 4 is 16.9 Å². The number of esters is 1. The Balaban J connectivity index is 2.54. The van der Waals surface area contributed by atoms with Crippen molar-refractivity contribution in [2.75, 3.05) is 6.61 Å². The van der Waals surface area contributed by atoms with Crippen molar-refractivity contribution in [3.05, 3.63) is 35.0 Å². The third kappa shape index (κ3) is 2.58. The molecule has 0 aliphatic carbocycles. The van der Waals surface area contributed by atoms with Gasteiger partial charge in [-0.1, -0.05) is 13.8 Å². The van der Waals surface area contributed by atoms with Crippen molar-refractivity contribution in [1.29, 1.82) is 0 Å². The molecule has 0 atom stereocenters. The molecule has 0 bridgehead atoms. The van der Waals surface area contributed by atoms with E-state index in [4.69, 9.17) is 4.74 Å². The van der Waals surface area contributed by atoms with Gasteiger partial charge >= 0.3 is 5.97 Å². The number of rotatable bonds is 4. The molecule has 0 spiro atoms. The Morgan fingerprint density at radius 3 is 2.60 bits per heavy atom. The van der Waals surface area contributed by atoms with Crippen LogP contribution in [-0.4, -0.2) is 17.1 Å². The number of ether oxygens (including phenoxy) is 1. The highest BCUT2D eigenvalue weighted by Crippen LogP contribution is 2.27. The van der Waals surface area contributed by atoms with Crippen LogP contribution in [0.2, 0.25) is 0 Å². The predicted octanol–water partition coefficient (Wildman–Crippen LogP) is 4.09. The summed E-state index contributed by atoms with van der Waals surface area (Å²) in [6.45, 7) is 11.9. The molecule has 0 aliphatic heterocycles. The smallest absolute Gasteiger partial charge is 0.338 e. The second-order valence-electron chi connectivity index (χ2n) is 5.67. The summed E-state index contributed by atoms with van der Waals surface area (Å²) in [5.41, 5.74) is 4.34. The minimum Gasteiger partial charge on any atom is -0.462 e. The van der Waals surface area contributed by atoms with Gasteiger partial charge in [0.25, 0.3) is 0 Å². The third-order valence-corrected chi connectivity index (χ3v) is 3.70. The van der Waals surface area contributed by atoms with Crippen LogP contribution in [0.4, 0.5) is 0 Å². The van der Waals surface area contributed by atoms with Gasteiger partial charge in [-0.2, -0.15) is 0 Å². The summed E-state index contributed by atoms with van der Waals surface area (Å²) in [6, 6.07) is 5.84. The Bertz CT molecular complexity index is 638. The summed E-state index contributed by atoms with van der Waals surface area (Å²) in [7, 11) is 0. The van der Waals surface area contributed by atoms with Crippen molar-refractivity contribution in [2.45, 2.75) is 41.2 Å². The van der Waals surface area contributed by atoms with Crippen molar-refractivity contribution < 1.29 is 9.53 Å². The van der Waals surface area contributed by atoms with Gasteiger partial charge in [-0.15, -0.1) is 0 Å². The first-order chi connectivity index (χ1) is 9.45. The molecule has 0 amide bonds. The Hall–Kier alpha value is -1.77. The number of carbonyl (C=O) groups excluding carboxylic acids is 1. The second kappa shape index (κ2) is 5.70. The van der Waals surface area contributed by atoms with E-state index in [1.54, 1.807) is 0 Å². The number of aromatic nitrogens is 1. The summed E-state index contributed by atoms with van der Waals surface area (Å²) in [6.07, 6.45) is 0. The summed E-state index contributed by atoms with van der Waals surface area (Å²) >= 11 is 0. The van der Waals surface area contributed by atoms with Gasteiger partial charge in [0.05, 0.1) is 12.2 Å². The largest absolute Gasteiger partial charge is 0.462 e. The number of benzene rings is 1. The fourth-order valence-electron chi connectivity index (χ4n) is 2.59. The van der Waals surface area contributed by atoms with Crippen LogP contribution >= 0.6 is 0 Å². The van der Waals surface area contributed by atoms with Crippen LogP contribution in [0.5, 0.6) is 0 Å². The summed E-state index contributed by atoms with van der Waals surface area (Å²) < 4.78 is 7.41. The van der Waals surface area contributed by atoms with E-state index in [0.29, 0.717) is 18.1 Å². The number of fused-ring (bicyclic) bond motifs is 1. The van der Waals surface area contributed by atoms with Crippen LogP contribution in [0.15, 0.2) is 18.2 Å². The van der Waals surface area contributed by atoms with Crippen molar-refractivity contribution in [2.24, 2.45) is 5.92 Å². The Morgan fingerprint density at radius 2 is 2.00 bits per heavy atom. The zero-order chi connectivity index (χ0) is 14.9. The molecule has 0 saturated heterocycles. The molecule has 0 fully saturated rings. The molecule has 1 aromatic heterocycles. The first-order valence-electron chi connectivity index (χ1n) is 7.22. The van der Waals surface area contributed by atoms with Crippen molar-refractivity contribution in [3.8, 4) is 0 Å². The van der Waals surface area contributed by atoms with E-state index < -0.39 is 0 Å². The molecule has 20 heavy (non-hydrogen) atoms. The van der Waals surface area contributed by atoms with E-state index in [0.717, 1.165) is 11.9 Å². The van der Waals surface area contributed by atoms with Crippen LogP contribution < -0.4 is 0 Å². The average Bonchev–Trinajstić information content (AvgIpc) is 2.63. The van der Waals surface area contributed by atoms with Gasteiger partial charge in [0.1, 0.15) is 0 Å². The van der Waals surface area contributed by atoms with Gasteiger partial charge in [-0.25, -0.2) is 4.79 Å². The van der Waals surface area contributed by atoms with Gasteiger partial charge in [0, 0.05) is 23.1 Å². The highest BCUT2D eigenvalue weighted by atomic mass is 16.5. The number of hydrogen-bond donors (Lipinski definition) is 0. The topological polar surface area (TPSA) is 31.2 Å². The molecule has 3 heteroatoms. The summed E-state index contributed by atoms with van der Waals surface area (Å²) in [5.74, 6) is 0.344. The van der Waals surface area contributed by atoms with E-state index in [9.17, 15) is 4.79 Å². The number of hydrogen-bond acceptors (Lipinski definition) is 2. The lowest BCUT2D eigenvalue weighted by atomic mass is 10.1. The maximum absolute atomic E-state index is 11.8. The molecule has 108 valence electrons. The molecule has 2 aromatic rings. The molecule has 0 aliphatic rings. The highest BCUT2D eigenvalue weighted by molar-refractivity contribution is 5.96. The normalized spacial score (nSPS) is 11.3. The minimum atomic E-state index is -0.247. The third-order valence-electron chi connectivity index (χ3n) is 3.70. The standard InChI is InChI=1S/C17H23NO2/c1-6-20-17(19)14-7-8-16-15(9-14)12(4)13(5)18(16)10-11(2)3/h7-9,11H,6,10H2,1-5H3. The molecule has 3 nitrogen and oxygen atoms in total. The lowest BCUT2D eigenvalue weighted by Gasteiger charge is -2.11. The molecule has 1 aromatic carbocycles. The Labute approximate surface area is 120 Å². The quantitative estimate of drug-likeness (QED) is 0.786. The van der Waals surface area contributed by atoms with E-state index in [-0.39, 0.29) is 5.97 Å². The van der Waals surface area contributed by atoms with E-state index >= 15 is 0 Å². The van der Waals surface area contributed by atoms with Crippen molar-refractivity contribution in [3.63, 3.8) is 0 Å². The predicted molar refractivity (Wildman–Crippen MR) is 82.2 cm³/mol. The maximum Gasteiger partial charge on any atom is 0.338 e. The maximum atomic E-state index is 11.8. The number of aryl methyl sites for hydroxylation is 1. The highest BCUT2D eigenvalue weighted by Gasteiger charge is 2.14. The monoisotopic (exact) mass is 273 g/mol. The van der Waals surface area contributed by atoms with Gasteiger partial charge in [0.2, 0.25) is 0 Å². The zero-order valence-corrected chi connectivity index (χ0v) is 13.0. The molecule has 0 unspecified atom stereocenters. The molecule has 1 heterocycles. The van der Waals surface area contributed by atoms with E-state index in [2.05, 4.69) is 32.3 Å². The van der Waals surface area contributed by atoms with Crippen LogP contribution in [0.1, 0.15) is 42.4 Å². The van der Waals surface area contributed by atoms with Gasteiger partial charge in [-0.3, -0.25) is 0 Å². The fraction of sp³-hybridized carbons (Fsp3) is 0.471. The van der Waals surface area contributed by atoms with Gasteiger partial charge in [0.15, 0.2) is 0 Å². The minimum absolute atomic E-state index is 0.247. The van der Waals surface area contributed by atoms with Crippen LogP contribution in [0, 0.1) is 19.8 Å². The van der Waals surface area contributed by atoms with Gasteiger partial charge in [-0.05, 0) is 50.5 Å². The first kappa shape index (κ1) is 14.6.